The summed E-state index contributed by atoms with van der Waals surface area (Å²) in [5.74, 6) is -0.908. The van der Waals surface area contributed by atoms with Gasteiger partial charge in [-0.3, -0.25) is 4.79 Å². The predicted octanol–water partition coefficient (Wildman–Crippen LogP) is 2.84. The van der Waals surface area contributed by atoms with Gasteiger partial charge in [0.05, 0.1) is 6.42 Å². The van der Waals surface area contributed by atoms with Crippen LogP contribution in [0.2, 0.25) is 0 Å². The van der Waals surface area contributed by atoms with E-state index in [1.807, 2.05) is 38.1 Å². The van der Waals surface area contributed by atoms with Gasteiger partial charge in [-0.1, -0.05) is 34.1 Å². The van der Waals surface area contributed by atoms with Gasteiger partial charge in [-0.15, -0.1) is 0 Å². The molecule has 0 aliphatic rings. The molecule has 2 amide bonds. The molecule has 2 N–H and O–H groups in total. The number of carbonyl (C=O) groups excluding carboxylic acids is 1. The van der Waals surface area contributed by atoms with Crippen molar-refractivity contribution in [3.63, 3.8) is 0 Å². The maximum atomic E-state index is 12.1. The van der Waals surface area contributed by atoms with Crippen molar-refractivity contribution in [2.45, 2.75) is 32.9 Å². The molecule has 0 heterocycles. The average Bonchev–Trinajstić information content (AvgIpc) is 2.37. The number of benzene rings is 1. The molecule has 0 bridgehead atoms. The van der Waals surface area contributed by atoms with Gasteiger partial charge < -0.3 is 15.3 Å². The SMILES string of the molecule is CC(C)N(CCC(=O)O)C(=O)NCc1ccccc1Br. The molecular weight excluding hydrogens is 324 g/mol. The van der Waals surface area contributed by atoms with E-state index in [2.05, 4.69) is 21.2 Å². The van der Waals surface area contributed by atoms with E-state index >= 15 is 0 Å². The highest BCUT2D eigenvalue weighted by Gasteiger charge is 2.17. The van der Waals surface area contributed by atoms with Crippen LogP contribution in [0.5, 0.6) is 0 Å². The van der Waals surface area contributed by atoms with Crippen LogP contribution in [0.1, 0.15) is 25.8 Å². The molecule has 0 aliphatic carbocycles. The Labute approximate surface area is 127 Å². The Morgan fingerprint density at radius 1 is 1.35 bits per heavy atom. The van der Waals surface area contributed by atoms with E-state index in [9.17, 15) is 9.59 Å². The van der Waals surface area contributed by atoms with Gasteiger partial charge >= 0.3 is 12.0 Å². The van der Waals surface area contributed by atoms with Crippen LogP contribution in [0, 0.1) is 0 Å². The van der Waals surface area contributed by atoms with Gasteiger partial charge in [0.25, 0.3) is 0 Å². The van der Waals surface area contributed by atoms with E-state index in [4.69, 9.17) is 5.11 Å². The number of carbonyl (C=O) groups is 2. The molecule has 0 fully saturated rings. The normalized spacial score (nSPS) is 10.4. The Bertz CT molecular complexity index is 477. The molecule has 110 valence electrons. The highest BCUT2D eigenvalue weighted by Crippen LogP contribution is 2.15. The fourth-order valence-electron chi connectivity index (χ4n) is 1.72. The molecule has 0 aliphatic heterocycles. The first-order chi connectivity index (χ1) is 9.41. The number of hydrogen-bond acceptors (Lipinski definition) is 2. The Morgan fingerprint density at radius 3 is 2.55 bits per heavy atom. The lowest BCUT2D eigenvalue weighted by molar-refractivity contribution is -0.137. The lowest BCUT2D eigenvalue weighted by Gasteiger charge is -2.26. The summed E-state index contributed by atoms with van der Waals surface area (Å²) in [6.45, 7) is 4.32. The van der Waals surface area contributed by atoms with Crippen LogP contribution < -0.4 is 5.32 Å². The zero-order valence-electron chi connectivity index (χ0n) is 11.6. The van der Waals surface area contributed by atoms with Crippen molar-refractivity contribution >= 4 is 27.9 Å². The monoisotopic (exact) mass is 342 g/mol. The Balaban J connectivity index is 2.58. The van der Waals surface area contributed by atoms with Crippen molar-refractivity contribution in [1.29, 1.82) is 0 Å². The summed E-state index contributed by atoms with van der Waals surface area (Å²) in [4.78, 5) is 24.2. The number of nitrogens with one attached hydrogen (secondary N) is 1. The summed E-state index contributed by atoms with van der Waals surface area (Å²) >= 11 is 3.42. The quantitative estimate of drug-likeness (QED) is 0.835. The smallest absolute Gasteiger partial charge is 0.317 e. The van der Waals surface area contributed by atoms with Gasteiger partial charge in [0.15, 0.2) is 0 Å². The summed E-state index contributed by atoms with van der Waals surface area (Å²) in [6.07, 6.45) is -0.0549. The highest BCUT2D eigenvalue weighted by atomic mass is 79.9. The number of nitrogens with zero attached hydrogens (tertiary/aromatic N) is 1. The van der Waals surface area contributed by atoms with Crippen molar-refractivity contribution in [2.24, 2.45) is 0 Å². The topological polar surface area (TPSA) is 69.6 Å². The third-order valence-electron chi connectivity index (χ3n) is 2.84. The molecule has 0 saturated heterocycles. The minimum absolute atomic E-state index is 0.0476. The second-order valence-corrected chi connectivity index (χ2v) is 5.54. The third-order valence-corrected chi connectivity index (χ3v) is 3.61. The van der Waals surface area contributed by atoms with Crippen LogP contribution in [0.25, 0.3) is 0 Å². The number of rotatable bonds is 6. The molecule has 1 rings (SSSR count). The summed E-state index contributed by atoms with van der Waals surface area (Å²) in [7, 11) is 0. The fraction of sp³-hybridized carbons (Fsp3) is 0.429. The second-order valence-electron chi connectivity index (χ2n) is 4.68. The molecule has 20 heavy (non-hydrogen) atoms. The molecule has 6 heteroatoms. The summed E-state index contributed by atoms with van der Waals surface area (Å²) < 4.78 is 0.932. The minimum atomic E-state index is -0.908. The Hall–Kier alpha value is -1.56. The number of aliphatic carboxylic acids is 1. The van der Waals surface area contributed by atoms with E-state index in [0.717, 1.165) is 10.0 Å². The van der Waals surface area contributed by atoms with Crippen LogP contribution in [-0.2, 0) is 11.3 Å². The number of carboxylic acid groups (broad SMARTS) is 1. The molecule has 1 aromatic carbocycles. The van der Waals surface area contributed by atoms with Crippen molar-refractivity contribution in [1.82, 2.24) is 10.2 Å². The summed E-state index contributed by atoms with van der Waals surface area (Å²) in [5.41, 5.74) is 0.975. The first-order valence-electron chi connectivity index (χ1n) is 6.41. The Morgan fingerprint density at radius 2 is 2.00 bits per heavy atom. The number of amides is 2. The minimum Gasteiger partial charge on any atom is -0.481 e. The maximum absolute atomic E-state index is 12.1. The zero-order chi connectivity index (χ0) is 15.1. The van der Waals surface area contributed by atoms with Gasteiger partial charge in [-0.2, -0.15) is 0 Å². The molecule has 0 aromatic heterocycles. The lowest BCUT2D eigenvalue weighted by atomic mass is 10.2. The maximum Gasteiger partial charge on any atom is 0.317 e. The van der Waals surface area contributed by atoms with Crippen molar-refractivity contribution in [2.75, 3.05) is 6.54 Å². The van der Waals surface area contributed by atoms with Crippen LogP contribution >= 0.6 is 15.9 Å². The molecule has 5 nitrogen and oxygen atoms in total. The molecule has 0 unspecified atom stereocenters. The highest BCUT2D eigenvalue weighted by molar-refractivity contribution is 9.10. The van der Waals surface area contributed by atoms with Crippen LogP contribution in [0.4, 0.5) is 4.79 Å². The summed E-state index contributed by atoms with van der Waals surface area (Å²) in [6, 6.07) is 7.33. The molecule has 1 aromatic rings. The van der Waals surface area contributed by atoms with Crippen LogP contribution in [0.3, 0.4) is 0 Å². The van der Waals surface area contributed by atoms with Gasteiger partial charge in [-0.25, -0.2) is 4.79 Å². The first-order valence-corrected chi connectivity index (χ1v) is 7.20. The van der Waals surface area contributed by atoms with Gasteiger partial charge in [-0.05, 0) is 25.5 Å². The summed E-state index contributed by atoms with van der Waals surface area (Å²) in [5, 5.41) is 11.5. The van der Waals surface area contributed by atoms with Crippen LogP contribution in [-0.4, -0.2) is 34.6 Å². The molecule has 0 atom stereocenters. The predicted molar refractivity (Wildman–Crippen MR) is 80.5 cm³/mol. The van der Waals surface area contributed by atoms with E-state index in [-0.39, 0.29) is 25.0 Å². The number of urea groups is 1. The Kier molecular flexibility index (Phi) is 6.51. The number of halogens is 1. The van der Waals surface area contributed by atoms with E-state index in [1.165, 1.54) is 4.90 Å². The average molecular weight is 343 g/mol. The van der Waals surface area contributed by atoms with E-state index in [0.29, 0.717) is 6.54 Å². The molecule has 0 saturated carbocycles. The van der Waals surface area contributed by atoms with Gasteiger partial charge in [0.2, 0.25) is 0 Å². The largest absolute Gasteiger partial charge is 0.481 e. The molecule has 0 spiro atoms. The molecule has 0 radical (unpaired) electrons. The van der Waals surface area contributed by atoms with E-state index < -0.39 is 5.97 Å². The fourth-order valence-corrected chi connectivity index (χ4v) is 2.15. The first kappa shape index (κ1) is 16.5. The molecular formula is C14H19BrN2O3. The second kappa shape index (κ2) is 7.89. The standard InChI is InChI=1S/C14H19BrN2O3/c1-10(2)17(8-7-13(18)19)14(20)16-9-11-5-3-4-6-12(11)15/h3-6,10H,7-9H2,1-2H3,(H,16,20)(H,18,19). The number of carboxylic acids is 1. The van der Waals surface area contributed by atoms with E-state index in [1.54, 1.807) is 0 Å². The lowest BCUT2D eigenvalue weighted by Crippen LogP contribution is -2.44. The third kappa shape index (κ3) is 5.21. The van der Waals surface area contributed by atoms with Crippen molar-refractivity contribution < 1.29 is 14.7 Å². The van der Waals surface area contributed by atoms with Gasteiger partial charge in [0.1, 0.15) is 0 Å². The van der Waals surface area contributed by atoms with Crippen molar-refractivity contribution in [3.8, 4) is 0 Å². The zero-order valence-corrected chi connectivity index (χ0v) is 13.2. The van der Waals surface area contributed by atoms with Gasteiger partial charge in [0, 0.05) is 23.6 Å². The number of hydrogen-bond donors (Lipinski definition) is 2. The van der Waals surface area contributed by atoms with Crippen molar-refractivity contribution in [3.05, 3.63) is 34.3 Å². The van der Waals surface area contributed by atoms with Crippen LogP contribution in [0.15, 0.2) is 28.7 Å².